The van der Waals surface area contributed by atoms with Crippen LogP contribution in [0.15, 0.2) is 76.2 Å². The summed E-state index contributed by atoms with van der Waals surface area (Å²) in [5, 5.41) is 5.30. The van der Waals surface area contributed by atoms with Crippen LogP contribution in [0, 0.1) is 5.82 Å². The molecule has 0 unspecified atom stereocenters. The highest BCUT2D eigenvalue weighted by molar-refractivity contribution is 8.16. The third-order valence-electron chi connectivity index (χ3n) is 5.38. The number of amidine groups is 1. The molecule has 1 aromatic heterocycles. The van der Waals surface area contributed by atoms with Crippen molar-refractivity contribution in [3.8, 4) is 0 Å². The lowest BCUT2D eigenvalue weighted by atomic mass is 9.92. The number of thioether (sulfide) groups is 1. The van der Waals surface area contributed by atoms with Gasteiger partial charge in [0.15, 0.2) is 5.17 Å². The Balaban J connectivity index is 1.65. The van der Waals surface area contributed by atoms with Gasteiger partial charge in [-0.3, -0.25) is 9.78 Å². The van der Waals surface area contributed by atoms with Crippen molar-refractivity contribution >= 4 is 28.8 Å². The molecule has 3 heterocycles. The number of nitrogens with one attached hydrogen (secondary N) is 1. The maximum atomic E-state index is 14.9. The van der Waals surface area contributed by atoms with Crippen LogP contribution < -0.4 is 5.32 Å². The van der Waals surface area contributed by atoms with E-state index in [1.165, 1.54) is 24.9 Å². The van der Waals surface area contributed by atoms with Crippen LogP contribution in [0.4, 0.5) is 4.39 Å². The van der Waals surface area contributed by atoms with E-state index in [4.69, 9.17) is 4.74 Å². The number of carbonyl (C=O) groups excluding carboxylic acids is 2. The molecule has 0 bridgehead atoms. The number of fused-ring (bicyclic) bond motifs is 1. The van der Waals surface area contributed by atoms with Gasteiger partial charge in [-0.1, -0.05) is 43.0 Å². The molecular weight excluding hydrogens is 443 g/mol. The lowest BCUT2D eigenvalue weighted by molar-refractivity contribution is -0.136. The van der Waals surface area contributed by atoms with Crippen molar-refractivity contribution in [2.45, 2.75) is 32.4 Å². The highest BCUT2D eigenvalue weighted by atomic mass is 32.2. The van der Waals surface area contributed by atoms with E-state index in [2.05, 4.69) is 15.3 Å². The van der Waals surface area contributed by atoms with Crippen LogP contribution in [0.1, 0.15) is 36.9 Å². The van der Waals surface area contributed by atoms with Gasteiger partial charge in [0.25, 0.3) is 0 Å². The number of pyridine rings is 1. The third kappa shape index (κ3) is 4.68. The minimum atomic E-state index is -0.784. The average Bonchev–Trinajstić information content (AvgIpc) is 3.24. The third-order valence-corrected chi connectivity index (χ3v) is 6.27. The molecule has 4 rings (SSSR count). The van der Waals surface area contributed by atoms with Gasteiger partial charge in [-0.25, -0.2) is 14.2 Å². The Kier molecular flexibility index (Phi) is 6.88. The monoisotopic (exact) mass is 466 g/mol. The number of ether oxygens (including phenoxy) is 1. The summed E-state index contributed by atoms with van der Waals surface area (Å²) in [4.78, 5) is 36.0. The molecule has 0 saturated heterocycles. The van der Waals surface area contributed by atoms with Gasteiger partial charge in [0.05, 0.1) is 30.8 Å². The lowest BCUT2D eigenvalue weighted by Crippen LogP contribution is -2.38. The summed E-state index contributed by atoms with van der Waals surface area (Å²) < 4.78 is 20.0. The van der Waals surface area contributed by atoms with Crippen LogP contribution in [0.2, 0.25) is 0 Å². The summed E-state index contributed by atoms with van der Waals surface area (Å²) in [6.45, 7) is 2.23. The Hall–Kier alpha value is -3.46. The smallest absolute Gasteiger partial charge is 0.338 e. The molecule has 170 valence electrons. The van der Waals surface area contributed by atoms with Gasteiger partial charge in [0.2, 0.25) is 5.91 Å². The van der Waals surface area contributed by atoms with Crippen molar-refractivity contribution in [1.82, 2.24) is 15.2 Å². The van der Waals surface area contributed by atoms with Crippen molar-refractivity contribution in [2.24, 2.45) is 4.99 Å². The van der Waals surface area contributed by atoms with E-state index >= 15 is 0 Å². The topological polar surface area (TPSA) is 83.9 Å². The second kappa shape index (κ2) is 9.99. The Morgan fingerprint density at radius 3 is 2.76 bits per heavy atom. The van der Waals surface area contributed by atoms with Crippen LogP contribution in [0.5, 0.6) is 0 Å². The van der Waals surface area contributed by atoms with Crippen LogP contribution in [0.25, 0.3) is 0 Å². The minimum Gasteiger partial charge on any atom is -0.466 e. The Labute approximate surface area is 195 Å². The first-order chi connectivity index (χ1) is 16.0. The summed E-state index contributed by atoms with van der Waals surface area (Å²) in [5.41, 5.74) is 2.66. The zero-order valence-corrected chi connectivity index (χ0v) is 19.1. The second-order valence-electron chi connectivity index (χ2n) is 7.44. The van der Waals surface area contributed by atoms with E-state index in [9.17, 15) is 14.0 Å². The van der Waals surface area contributed by atoms with Gasteiger partial charge in [0.1, 0.15) is 5.82 Å². The largest absolute Gasteiger partial charge is 0.466 e. The van der Waals surface area contributed by atoms with E-state index < -0.39 is 17.8 Å². The zero-order chi connectivity index (χ0) is 23.4. The number of benzene rings is 1. The number of nitrogens with zero attached hydrogens (tertiary/aromatic N) is 3. The van der Waals surface area contributed by atoms with Crippen LogP contribution >= 0.6 is 11.8 Å². The summed E-state index contributed by atoms with van der Waals surface area (Å²) >= 11 is 1.35. The van der Waals surface area contributed by atoms with Gasteiger partial charge >= 0.3 is 5.97 Å². The predicted molar refractivity (Wildman–Crippen MR) is 124 cm³/mol. The van der Waals surface area contributed by atoms with Gasteiger partial charge in [-0.2, -0.15) is 0 Å². The van der Waals surface area contributed by atoms with Crippen molar-refractivity contribution in [2.75, 3.05) is 7.11 Å². The lowest BCUT2D eigenvalue weighted by Gasteiger charge is -2.36. The van der Waals surface area contributed by atoms with Gasteiger partial charge in [-0.15, -0.1) is 0 Å². The fourth-order valence-electron chi connectivity index (χ4n) is 3.83. The molecule has 0 spiro atoms. The molecule has 2 aromatic rings. The number of aliphatic imine (C=N–C) groups is 1. The molecule has 1 amide bonds. The molecule has 0 aliphatic carbocycles. The van der Waals surface area contributed by atoms with E-state index in [0.717, 1.165) is 5.56 Å². The normalized spacial score (nSPS) is 17.3. The number of hydrogen-bond donors (Lipinski definition) is 1. The number of hydrogen-bond acceptors (Lipinski definition) is 7. The minimum absolute atomic E-state index is 0.0488. The highest BCUT2D eigenvalue weighted by Gasteiger charge is 2.42. The first-order valence-electron chi connectivity index (χ1n) is 10.5. The van der Waals surface area contributed by atoms with Crippen molar-refractivity contribution in [1.29, 1.82) is 0 Å². The van der Waals surface area contributed by atoms with Gasteiger partial charge < -0.3 is 15.0 Å². The summed E-state index contributed by atoms with van der Waals surface area (Å²) in [6, 6.07) is 9.21. The predicted octanol–water partition coefficient (Wildman–Crippen LogP) is 4.07. The molecule has 2 aliphatic heterocycles. The molecule has 0 radical (unpaired) electrons. The number of methoxy groups -OCH3 is 1. The number of halogens is 1. The Morgan fingerprint density at radius 2 is 2.06 bits per heavy atom. The Morgan fingerprint density at radius 1 is 1.24 bits per heavy atom. The summed E-state index contributed by atoms with van der Waals surface area (Å²) in [7, 11) is 1.29. The van der Waals surface area contributed by atoms with Gasteiger partial charge in [-0.05, 0) is 29.5 Å². The fourth-order valence-corrected chi connectivity index (χ4v) is 4.77. The van der Waals surface area contributed by atoms with E-state index in [1.54, 1.807) is 41.6 Å². The quantitative estimate of drug-likeness (QED) is 0.620. The summed E-state index contributed by atoms with van der Waals surface area (Å²) in [6.07, 6.45) is 3.89. The number of aromatic nitrogens is 1. The first kappa shape index (κ1) is 22.7. The SMILES string of the molecule is CCC1=C(C(=O)OC)[C@@H](c2ccccc2F)N2C(CC(=O)NCc3cccnc3)=CSC2=N1. The first-order valence-corrected chi connectivity index (χ1v) is 11.4. The number of carbonyl (C=O) groups is 2. The van der Waals surface area contributed by atoms with Crippen LogP contribution in [0.3, 0.4) is 0 Å². The molecule has 0 fully saturated rings. The van der Waals surface area contributed by atoms with Gasteiger partial charge in [0, 0.05) is 30.2 Å². The van der Waals surface area contributed by atoms with Crippen molar-refractivity contribution in [3.63, 3.8) is 0 Å². The molecular formula is C24H23FN4O3S. The molecule has 7 nitrogen and oxygen atoms in total. The molecule has 33 heavy (non-hydrogen) atoms. The number of allylic oxidation sites excluding steroid dienone is 1. The van der Waals surface area contributed by atoms with Crippen LogP contribution in [-0.4, -0.2) is 34.0 Å². The van der Waals surface area contributed by atoms with Crippen molar-refractivity contribution in [3.05, 3.63) is 88.1 Å². The number of esters is 1. The van der Waals surface area contributed by atoms with E-state index in [0.29, 0.717) is 35.1 Å². The Bertz CT molecular complexity index is 1160. The highest BCUT2D eigenvalue weighted by Crippen LogP contribution is 2.45. The molecule has 1 atom stereocenters. The molecule has 1 aromatic carbocycles. The average molecular weight is 467 g/mol. The fraction of sp³-hybridized carbons (Fsp3) is 0.250. The maximum absolute atomic E-state index is 14.9. The molecule has 1 N–H and O–H groups in total. The maximum Gasteiger partial charge on any atom is 0.338 e. The second-order valence-corrected chi connectivity index (χ2v) is 8.27. The van der Waals surface area contributed by atoms with E-state index in [1.807, 2.05) is 18.4 Å². The molecule has 2 aliphatic rings. The number of rotatable bonds is 7. The zero-order valence-electron chi connectivity index (χ0n) is 18.2. The summed E-state index contributed by atoms with van der Waals surface area (Å²) in [5.74, 6) is -1.22. The van der Waals surface area contributed by atoms with Crippen molar-refractivity contribution < 1.29 is 18.7 Å². The van der Waals surface area contributed by atoms with E-state index in [-0.39, 0.29) is 17.9 Å². The number of amides is 1. The van der Waals surface area contributed by atoms with Crippen LogP contribution in [-0.2, 0) is 20.9 Å². The standard InChI is InChI=1S/C24H23FN4O3S/c1-3-19-21(23(31)32-2)22(17-8-4-5-9-18(17)25)29-16(14-33-24(29)28-19)11-20(30)27-13-15-7-6-10-26-12-15/h4-10,12,14,22H,3,11,13H2,1-2H3,(H,27,30)/t22-/m1/s1. The molecule has 9 heteroatoms. The molecule has 0 saturated carbocycles.